The Morgan fingerprint density at radius 3 is 2.46 bits per heavy atom. The lowest BCUT2D eigenvalue weighted by Crippen LogP contribution is -2.50. The van der Waals surface area contributed by atoms with Crippen LogP contribution >= 0.6 is 0 Å². The molecule has 0 bridgehead atoms. The van der Waals surface area contributed by atoms with Crippen molar-refractivity contribution >= 4 is 15.9 Å². The quantitative estimate of drug-likeness (QED) is 0.805. The van der Waals surface area contributed by atoms with Gasteiger partial charge in [0.25, 0.3) is 0 Å². The number of rotatable bonds is 4. The third-order valence-corrected chi connectivity index (χ3v) is 7.40. The molecule has 0 radical (unpaired) electrons. The van der Waals surface area contributed by atoms with Crippen molar-refractivity contribution in [3.8, 4) is 5.75 Å². The standard InChI is InChI=1S/C19H28N2O4S/c1-15-6-3-4-13-21(15)19(22)16-7-5-12-20(14-16)26(23,24)18-10-8-17(25-2)9-11-18/h8-11,15-16H,3-7,12-14H2,1-2H3. The molecule has 2 heterocycles. The first-order valence-electron chi connectivity index (χ1n) is 9.38. The number of ether oxygens (including phenoxy) is 1. The summed E-state index contributed by atoms with van der Waals surface area (Å²) in [4.78, 5) is 15.1. The van der Waals surface area contributed by atoms with Crippen molar-refractivity contribution < 1.29 is 17.9 Å². The van der Waals surface area contributed by atoms with Crippen molar-refractivity contribution in [1.29, 1.82) is 0 Å². The highest BCUT2D eigenvalue weighted by molar-refractivity contribution is 7.89. The van der Waals surface area contributed by atoms with Crippen molar-refractivity contribution in [3.63, 3.8) is 0 Å². The molecular formula is C19H28N2O4S. The number of amides is 1. The van der Waals surface area contributed by atoms with Crippen LogP contribution < -0.4 is 4.74 Å². The van der Waals surface area contributed by atoms with Crippen molar-refractivity contribution in [2.24, 2.45) is 5.92 Å². The highest BCUT2D eigenvalue weighted by Gasteiger charge is 2.36. The van der Waals surface area contributed by atoms with Crippen molar-refractivity contribution in [3.05, 3.63) is 24.3 Å². The van der Waals surface area contributed by atoms with Crippen LogP contribution in [0.25, 0.3) is 0 Å². The van der Waals surface area contributed by atoms with Gasteiger partial charge in [0.1, 0.15) is 5.75 Å². The van der Waals surface area contributed by atoms with Gasteiger partial charge in [0.2, 0.25) is 15.9 Å². The molecule has 1 amide bonds. The van der Waals surface area contributed by atoms with Crippen LogP contribution in [0.15, 0.2) is 29.2 Å². The molecule has 2 unspecified atom stereocenters. The Hall–Kier alpha value is -1.60. The van der Waals surface area contributed by atoms with E-state index in [1.54, 1.807) is 31.4 Å². The summed E-state index contributed by atoms with van der Waals surface area (Å²) < 4.78 is 32.5. The Kier molecular flexibility index (Phi) is 5.87. The summed E-state index contributed by atoms with van der Waals surface area (Å²) in [5, 5.41) is 0. The van der Waals surface area contributed by atoms with Crippen LogP contribution in [-0.4, -0.2) is 56.3 Å². The second-order valence-corrected chi connectivity index (χ2v) is 9.19. The summed E-state index contributed by atoms with van der Waals surface area (Å²) >= 11 is 0. The fraction of sp³-hybridized carbons (Fsp3) is 0.632. The van der Waals surface area contributed by atoms with Crippen LogP contribution in [-0.2, 0) is 14.8 Å². The van der Waals surface area contributed by atoms with Gasteiger partial charge in [0.15, 0.2) is 0 Å². The minimum atomic E-state index is -3.59. The van der Waals surface area contributed by atoms with Gasteiger partial charge in [-0.3, -0.25) is 4.79 Å². The number of carbonyl (C=O) groups excluding carboxylic acids is 1. The maximum absolute atomic E-state index is 13.0. The Labute approximate surface area is 156 Å². The van der Waals surface area contributed by atoms with E-state index in [2.05, 4.69) is 6.92 Å². The first-order chi connectivity index (χ1) is 12.4. The molecule has 2 fully saturated rings. The van der Waals surface area contributed by atoms with Crippen molar-refractivity contribution in [1.82, 2.24) is 9.21 Å². The molecule has 3 rings (SSSR count). The van der Waals surface area contributed by atoms with Crippen LogP contribution in [0.5, 0.6) is 5.75 Å². The predicted octanol–water partition coefficient (Wildman–Crippen LogP) is 2.50. The Bertz CT molecular complexity index is 732. The van der Waals surface area contributed by atoms with Gasteiger partial charge in [0, 0.05) is 25.7 Å². The molecule has 2 aliphatic rings. The molecule has 1 aromatic rings. The molecule has 7 heteroatoms. The zero-order chi connectivity index (χ0) is 18.7. The van der Waals surface area contributed by atoms with E-state index in [-0.39, 0.29) is 29.3 Å². The maximum atomic E-state index is 13.0. The first kappa shape index (κ1) is 19.2. The lowest BCUT2D eigenvalue weighted by atomic mass is 9.95. The zero-order valence-corrected chi connectivity index (χ0v) is 16.4. The normalized spacial score (nSPS) is 25.1. The third-order valence-electron chi connectivity index (χ3n) is 5.52. The molecule has 0 aromatic heterocycles. The Morgan fingerprint density at radius 1 is 1.08 bits per heavy atom. The van der Waals surface area contributed by atoms with Gasteiger partial charge in [-0.2, -0.15) is 4.31 Å². The molecule has 2 atom stereocenters. The second-order valence-electron chi connectivity index (χ2n) is 7.25. The number of hydrogen-bond acceptors (Lipinski definition) is 4. The molecule has 0 spiro atoms. The number of methoxy groups -OCH3 is 1. The fourth-order valence-electron chi connectivity index (χ4n) is 3.92. The van der Waals surface area contributed by atoms with Crippen LogP contribution in [0.1, 0.15) is 39.0 Å². The predicted molar refractivity (Wildman–Crippen MR) is 99.5 cm³/mol. The number of carbonyl (C=O) groups is 1. The van der Waals surface area contributed by atoms with E-state index < -0.39 is 10.0 Å². The van der Waals surface area contributed by atoms with E-state index in [1.807, 2.05) is 4.90 Å². The summed E-state index contributed by atoms with van der Waals surface area (Å²) in [5.41, 5.74) is 0. The summed E-state index contributed by atoms with van der Waals surface area (Å²) in [6.07, 6.45) is 4.71. The van der Waals surface area contributed by atoms with E-state index in [0.29, 0.717) is 18.7 Å². The second kappa shape index (κ2) is 7.96. The van der Waals surface area contributed by atoms with E-state index >= 15 is 0 Å². The molecule has 26 heavy (non-hydrogen) atoms. The highest BCUT2D eigenvalue weighted by Crippen LogP contribution is 2.28. The average Bonchev–Trinajstić information content (AvgIpc) is 2.68. The van der Waals surface area contributed by atoms with Gasteiger partial charge in [-0.15, -0.1) is 0 Å². The van der Waals surface area contributed by atoms with Crippen molar-refractivity contribution in [2.45, 2.75) is 50.0 Å². The van der Waals surface area contributed by atoms with Gasteiger partial charge in [0.05, 0.1) is 17.9 Å². The van der Waals surface area contributed by atoms with Crippen LogP contribution in [0.4, 0.5) is 0 Å². The molecule has 2 saturated heterocycles. The Balaban J connectivity index is 1.73. The number of nitrogens with zero attached hydrogens (tertiary/aromatic N) is 2. The Morgan fingerprint density at radius 2 is 1.81 bits per heavy atom. The third kappa shape index (κ3) is 3.88. The average molecular weight is 381 g/mol. The van der Waals surface area contributed by atoms with Gasteiger partial charge in [-0.05, 0) is 63.3 Å². The first-order valence-corrected chi connectivity index (χ1v) is 10.8. The van der Waals surface area contributed by atoms with Crippen molar-refractivity contribution in [2.75, 3.05) is 26.7 Å². The largest absolute Gasteiger partial charge is 0.497 e. The fourth-order valence-corrected chi connectivity index (χ4v) is 5.44. The topological polar surface area (TPSA) is 66.9 Å². The minimum absolute atomic E-state index is 0.117. The number of piperidine rings is 2. The summed E-state index contributed by atoms with van der Waals surface area (Å²) in [7, 11) is -2.04. The van der Waals surface area contributed by atoms with Gasteiger partial charge in [-0.1, -0.05) is 0 Å². The highest BCUT2D eigenvalue weighted by atomic mass is 32.2. The molecule has 2 aliphatic heterocycles. The molecule has 144 valence electrons. The van der Waals surface area contributed by atoms with E-state index in [1.165, 1.54) is 4.31 Å². The van der Waals surface area contributed by atoms with E-state index in [4.69, 9.17) is 4.74 Å². The summed E-state index contributed by atoms with van der Waals surface area (Å²) in [6, 6.07) is 6.67. The SMILES string of the molecule is COc1ccc(S(=O)(=O)N2CCCC(C(=O)N3CCCCC3C)C2)cc1. The maximum Gasteiger partial charge on any atom is 0.243 e. The molecule has 0 saturated carbocycles. The van der Waals surface area contributed by atoms with Crippen LogP contribution in [0.2, 0.25) is 0 Å². The smallest absolute Gasteiger partial charge is 0.243 e. The van der Waals surface area contributed by atoms with E-state index in [9.17, 15) is 13.2 Å². The van der Waals surface area contributed by atoms with Gasteiger partial charge in [-0.25, -0.2) is 8.42 Å². The minimum Gasteiger partial charge on any atom is -0.497 e. The summed E-state index contributed by atoms with van der Waals surface area (Å²) in [6.45, 7) is 3.62. The molecular weight excluding hydrogens is 352 g/mol. The van der Waals surface area contributed by atoms with Crippen LogP contribution in [0, 0.1) is 5.92 Å². The van der Waals surface area contributed by atoms with Crippen LogP contribution in [0.3, 0.4) is 0 Å². The van der Waals surface area contributed by atoms with Gasteiger partial charge < -0.3 is 9.64 Å². The number of likely N-dealkylation sites (tertiary alicyclic amines) is 1. The lowest BCUT2D eigenvalue weighted by Gasteiger charge is -2.38. The molecule has 1 aromatic carbocycles. The monoisotopic (exact) mass is 380 g/mol. The lowest BCUT2D eigenvalue weighted by molar-refractivity contribution is -0.140. The van der Waals surface area contributed by atoms with Gasteiger partial charge >= 0.3 is 0 Å². The number of hydrogen-bond donors (Lipinski definition) is 0. The number of sulfonamides is 1. The molecule has 0 N–H and O–H groups in total. The van der Waals surface area contributed by atoms with E-state index in [0.717, 1.165) is 32.2 Å². The molecule has 0 aliphatic carbocycles. The molecule has 6 nitrogen and oxygen atoms in total. The number of benzene rings is 1. The summed E-state index contributed by atoms with van der Waals surface area (Å²) in [5.74, 6) is 0.499. The zero-order valence-electron chi connectivity index (χ0n) is 15.6.